The SMILES string of the molecule is c1ccc2c[si]3ccccc3cc2c1. The van der Waals surface area contributed by atoms with Gasteiger partial charge >= 0.3 is 0 Å². The third kappa shape index (κ3) is 1.17. The number of rotatable bonds is 0. The summed E-state index contributed by atoms with van der Waals surface area (Å²) in [5.74, 6) is 0. The van der Waals surface area contributed by atoms with E-state index in [-0.39, 0.29) is 0 Å². The van der Waals surface area contributed by atoms with Gasteiger partial charge in [0.1, 0.15) is 0 Å². The van der Waals surface area contributed by atoms with Gasteiger partial charge < -0.3 is 0 Å². The second kappa shape index (κ2) is 3.03. The van der Waals surface area contributed by atoms with E-state index in [1.165, 1.54) is 15.8 Å². The Morgan fingerprint density at radius 2 is 1.57 bits per heavy atom. The first-order valence-corrected chi connectivity index (χ1v) is 6.46. The Morgan fingerprint density at radius 1 is 0.786 bits per heavy atom. The maximum Gasteiger partial charge on any atom is 0.0730 e. The monoisotopic (exact) mass is 194 g/mol. The van der Waals surface area contributed by atoms with Crippen molar-refractivity contribution in [3.8, 4) is 0 Å². The molecule has 14 heavy (non-hydrogen) atoms. The molecule has 0 unspecified atom stereocenters. The van der Waals surface area contributed by atoms with Crippen LogP contribution < -0.4 is 0 Å². The molecule has 3 rings (SSSR count). The molecule has 0 saturated carbocycles. The summed E-state index contributed by atoms with van der Waals surface area (Å²) in [4.78, 5) is 1.50. The quantitative estimate of drug-likeness (QED) is 0.380. The molecule has 0 saturated heterocycles. The third-order valence-corrected chi connectivity index (χ3v) is 4.77. The molecule has 0 aliphatic rings. The lowest BCUT2D eigenvalue weighted by molar-refractivity contribution is 1.81. The van der Waals surface area contributed by atoms with E-state index in [0.717, 1.165) is 0 Å². The van der Waals surface area contributed by atoms with Gasteiger partial charge in [0.05, 0.1) is 8.20 Å². The van der Waals surface area contributed by atoms with Crippen LogP contribution in [0.25, 0.3) is 15.8 Å². The van der Waals surface area contributed by atoms with Crippen molar-refractivity contribution in [2.45, 2.75) is 0 Å². The molecule has 0 aliphatic heterocycles. The summed E-state index contributed by atoms with van der Waals surface area (Å²) < 4.78 is 0. The predicted molar refractivity (Wildman–Crippen MR) is 62.9 cm³/mol. The average molecular weight is 194 g/mol. The molecule has 0 nitrogen and oxygen atoms in total. The molecule has 0 fully saturated rings. The Labute approximate surface area is 84.3 Å². The fraction of sp³-hybridized carbons (Fsp3) is 0. The first-order valence-electron chi connectivity index (χ1n) is 4.81. The zero-order valence-corrected chi connectivity index (χ0v) is 8.77. The van der Waals surface area contributed by atoms with Crippen LogP contribution in [0.5, 0.6) is 0 Å². The maximum absolute atomic E-state index is 2.43. The Morgan fingerprint density at radius 3 is 2.50 bits per heavy atom. The van der Waals surface area contributed by atoms with Crippen LogP contribution in [0.1, 0.15) is 0 Å². The zero-order chi connectivity index (χ0) is 9.38. The summed E-state index contributed by atoms with van der Waals surface area (Å²) in [6, 6.07) is 17.4. The van der Waals surface area contributed by atoms with E-state index in [1.54, 1.807) is 0 Å². The van der Waals surface area contributed by atoms with Crippen LogP contribution in [0, 0.1) is 0 Å². The number of hydrogen-bond acceptors (Lipinski definition) is 0. The van der Waals surface area contributed by atoms with E-state index >= 15 is 0 Å². The minimum absolute atomic E-state index is 0.533. The highest BCUT2D eigenvalue weighted by atomic mass is 28.2. The first kappa shape index (κ1) is 7.89. The number of fused-ring (bicyclic) bond motifs is 2. The highest BCUT2D eigenvalue weighted by molar-refractivity contribution is 6.60. The van der Waals surface area contributed by atoms with E-state index in [1.807, 2.05) is 0 Å². The molecule has 1 heteroatoms. The molecule has 2 heterocycles. The van der Waals surface area contributed by atoms with Gasteiger partial charge in [0.2, 0.25) is 0 Å². The van der Waals surface area contributed by atoms with Gasteiger partial charge in [-0.25, -0.2) is 0 Å². The topological polar surface area (TPSA) is 0 Å². The van der Waals surface area contributed by atoms with Gasteiger partial charge in [0, 0.05) is 0 Å². The lowest BCUT2D eigenvalue weighted by Crippen LogP contribution is -1.88. The van der Waals surface area contributed by atoms with Gasteiger partial charge in [-0.3, -0.25) is 0 Å². The van der Waals surface area contributed by atoms with Crippen LogP contribution in [0.2, 0.25) is 0 Å². The predicted octanol–water partition coefficient (Wildman–Crippen LogP) is 3.32. The lowest BCUT2D eigenvalue weighted by atomic mass is 10.2. The Kier molecular flexibility index (Phi) is 1.71. The number of benzene rings is 1. The van der Waals surface area contributed by atoms with Crippen LogP contribution in [0.3, 0.4) is 0 Å². The molecule has 1 aromatic carbocycles. The van der Waals surface area contributed by atoms with Gasteiger partial charge in [-0.2, -0.15) is 0 Å². The summed E-state index contributed by atoms with van der Waals surface area (Å²) in [7, 11) is -0.533. The van der Waals surface area contributed by atoms with E-state index in [0.29, 0.717) is 0 Å². The van der Waals surface area contributed by atoms with Crippen molar-refractivity contribution < 1.29 is 0 Å². The smallest absolute Gasteiger partial charge is 0.0730 e. The van der Waals surface area contributed by atoms with Crippen molar-refractivity contribution in [3.63, 3.8) is 0 Å². The van der Waals surface area contributed by atoms with Crippen molar-refractivity contribution in [1.82, 2.24) is 0 Å². The lowest BCUT2D eigenvalue weighted by Gasteiger charge is -2.00. The maximum atomic E-state index is 2.43. The van der Waals surface area contributed by atoms with Gasteiger partial charge in [-0.15, -0.1) is 0 Å². The van der Waals surface area contributed by atoms with E-state index in [2.05, 4.69) is 59.9 Å². The van der Waals surface area contributed by atoms with Crippen LogP contribution >= 0.6 is 0 Å². The van der Waals surface area contributed by atoms with Crippen LogP contribution in [0.4, 0.5) is 0 Å². The molecule has 0 spiro atoms. The van der Waals surface area contributed by atoms with E-state index in [9.17, 15) is 0 Å². The summed E-state index contributed by atoms with van der Waals surface area (Å²) in [6.07, 6.45) is 0. The molecule has 0 bridgehead atoms. The fourth-order valence-corrected chi connectivity index (χ4v) is 3.87. The Balaban J connectivity index is 2.52. The molecular formula is C13H10Si. The summed E-state index contributed by atoms with van der Waals surface area (Å²) in [5.41, 5.74) is 4.77. The minimum atomic E-state index is -0.533. The van der Waals surface area contributed by atoms with Crippen molar-refractivity contribution in [2.75, 3.05) is 0 Å². The van der Waals surface area contributed by atoms with Crippen LogP contribution in [-0.4, -0.2) is 8.20 Å². The number of hydrogen-bond donors (Lipinski definition) is 0. The van der Waals surface area contributed by atoms with E-state index < -0.39 is 8.20 Å². The molecule has 0 amide bonds. The van der Waals surface area contributed by atoms with E-state index in [4.69, 9.17) is 0 Å². The van der Waals surface area contributed by atoms with Crippen molar-refractivity contribution in [2.24, 2.45) is 0 Å². The van der Waals surface area contributed by atoms with Gasteiger partial charge in [-0.05, 0) is 15.8 Å². The Hall–Kier alpha value is -1.47. The van der Waals surface area contributed by atoms with Crippen molar-refractivity contribution >= 4 is 24.0 Å². The average Bonchev–Trinajstić information content (AvgIpc) is 2.26. The largest absolute Gasteiger partial charge is 0.0736 e. The highest BCUT2D eigenvalue weighted by Gasteiger charge is 1.95. The first-order chi connectivity index (χ1) is 6.93. The van der Waals surface area contributed by atoms with Gasteiger partial charge in [0.15, 0.2) is 0 Å². The van der Waals surface area contributed by atoms with Crippen molar-refractivity contribution in [1.29, 1.82) is 0 Å². The van der Waals surface area contributed by atoms with Gasteiger partial charge in [-0.1, -0.05) is 59.9 Å². The molecule has 0 atom stereocenters. The standard InChI is InChI=1S/C13H10Si/c1-2-6-12-10-14-8-4-3-7-13(14)9-11(12)5-1/h1-10H. The second-order valence-corrected chi connectivity index (χ2v) is 5.66. The molecule has 0 aliphatic carbocycles. The molecule has 66 valence electrons. The van der Waals surface area contributed by atoms with Crippen LogP contribution in [-0.2, 0) is 0 Å². The molecule has 0 radical (unpaired) electrons. The highest BCUT2D eigenvalue weighted by Crippen LogP contribution is 2.15. The molecule has 2 aromatic heterocycles. The van der Waals surface area contributed by atoms with Gasteiger partial charge in [0.25, 0.3) is 0 Å². The zero-order valence-electron chi connectivity index (χ0n) is 7.77. The Bertz CT molecular complexity index is 494. The summed E-state index contributed by atoms with van der Waals surface area (Å²) in [6.45, 7) is 0. The minimum Gasteiger partial charge on any atom is -0.0736 e. The van der Waals surface area contributed by atoms with Crippen molar-refractivity contribution in [3.05, 3.63) is 59.9 Å². The summed E-state index contributed by atoms with van der Waals surface area (Å²) >= 11 is 0. The fourth-order valence-electron chi connectivity index (χ4n) is 1.88. The second-order valence-electron chi connectivity index (χ2n) is 3.55. The summed E-state index contributed by atoms with van der Waals surface area (Å²) in [5, 5.41) is 2.75. The third-order valence-electron chi connectivity index (χ3n) is 2.61. The molecule has 3 aromatic rings. The van der Waals surface area contributed by atoms with Crippen LogP contribution in [0.15, 0.2) is 59.9 Å². The molecule has 0 N–H and O–H groups in total. The molecular weight excluding hydrogens is 184 g/mol. The normalized spacial score (nSPS) is 10.9.